The SMILES string of the molecule is CCOC(=O)C(F)[C@H](N)c1cccc(CC)c1O.Cl. The van der Waals surface area contributed by atoms with Crippen LogP contribution in [0.15, 0.2) is 18.2 Å². The van der Waals surface area contributed by atoms with Crippen LogP contribution in [0.25, 0.3) is 0 Å². The van der Waals surface area contributed by atoms with E-state index in [1.54, 1.807) is 19.1 Å². The number of hydrogen-bond acceptors (Lipinski definition) is 4. The lowest BCUT2D eigenvalue weighted by molar-refractivity contribution is -0.149. The number of carbonyl (C=O) groups excluding carboxylic acids is 1. The minimum Gasteiger partial charge on any atom is -0.507 e. The molecule has 0 spiro atoms. The number of alkyl halides is 1. The maximum absolute atomic E-state index is 13.8. The summed E-state index contributed by atoms with van der Waals surface area (Å²) < 4.78 is 18.3. The Kier molecular flexibility index (Phi) is 7.41. The maximum Gasteiger partial charge on any atom is 0.342 e. The van der Waals surface area contributed by atoms with Crippen LogP contribution in [-0.4, -0.2) is 23.9 Å². The number of nitrogens with two attached hydrogens (primary N) is 1. The first kappa shape index (κ1) is 17.7. The van der Waals surface area contributed by atoms with Crippen LogP contribution in [0.3, 0.4) is 0 Å². The highest BCUT2D eigenvalue weighted by molar-refractivity contribution is 5.85. The number of phenolic OH excluding ortho intramolecular Hbond substituents is 1. The van der Waals surface area contributed by atoms with Crippen LogP contribution < -0.4 is 5.73 Å². The highest BCUT2D eigenvalue weighted by Crippen LogP contribution is 2.30. The second-order valence-electron chi connectivity index (χ2n) is 3.89. The number of carbonyl (C=O) groups is 1. The second kappa shape index (κ2) is 7.96. The molecule has 0 heterocycles. The number of halogens is 2. The lowest BCUT2D eigenvalue weighted by atomic mass is 9.98. The fourth-order valence-electron chi connectivity index (χ4n) is 1.69. The predicted molar refractivity (Wildman–Crippen MR) is 73.2 cm³/mol. The van der Waals surface area contributed by atoms with E-state index in [1.807, 2.05) is 6.92 Å². The lowest BCUT2D eigenvalue weighted by Gasteiger charge is -2.18. The summed E-state index contributed by atoms with van der Waals surface area (Å²) in [5, 5.41) is 9.92. The van der Waals surface area contributed by atoms with Crippen LogP contribution in [0.5, 0.6) is 5.75 Å². The first-order valence-electron chi connectivity index (χ1n) is 5.89. The van der Waals surface area contributed by atoms with Crippen molar-refractivity contribution in [3.8, 4) is 5.75 Å². The fraction of sp³-hybridized carbons (Fsp3) is 0.462. The number of rotatable bonds is 5. The normalized spacial score (nSPS) is 13.3. The quantitative estimate of drug-likeness (QED) is 0.816. The Morgan fingerprint density at radius 1 is 1.47 bits per heavy atom. The molecule has 0 aliphatic carbocycles. The van der Waals surface area contributed by atoms with Crippen molar-refractivity contribution < 1.29 is 19.0 Å². The average Bonchev–Trinajstić information content (AvgIpc) is 2.37. The molecular formula is C13H19ClFNO3. The standard InChI is InChI=1S/C13H18FNO3.ClH/c1-3-8-6-5-7-9(12(8)16)11(15)10(14)13(17)18-4-2;/h5-7,10-11,16H,3-4,15H2,1-2H3;1H/t10?,11-;/m1./s1. The van der Waals surface area contributed by atoms with Crippen LogP contribution in [0, 0.1) is 0 Å². The van der Waals surface area contributed by atoms with E-state index in [-0.39, 0.29) is 30.3 Å². The molecule has 0 saturated carbocycles. The van der Waals surface area contributed by atoms with Crippen molar-refractivity contribution in [3.63, 3.8) is 0 Å². The predicted octanol–water partition coefficient (Wildman–Crippen LogP) is 2.28. The molecule has 0 saturated heterocycles. The van der Waals surface area contributed by atoms with Crippen LogP contribution in [-0.2, 0) is 16.0 Å². The first-order chi connectivity index (χ1) is 8.52. The molecule has 1 aromatic carbocycles. The number of para-hydroxylation sites is 1. The summed E-state index contributed by atoms with van der Waals surface area (Å²) in [4.78, 5) is 11.3. The molecule has 0 aromatic heterocycles. The van der Waals surface area contributed by atoms with E-state index in [1.165, 1.54) is 6.07 Å². The fourth-order valence-corrected chi connectivity index (χ4v) is 1.69. The van der Waals surface area contributed by atoms with E-state index in [9.17, 15) is 14.3 Å². The molecule has 0 fully saturated rings. The van der Waals surface area contributed by atoms with E-state index in [0.717, 1.165) is 0 Å². The zero-order valence-electron chi connectivity index (χ0n) is 10.9. The molecule has 0 aliphatic heterocycles. The summed E-state index contributed by atoms with van der Waals surface area (Å²) in [6.45, 7) is 3.54. The van der Waals surface area contributed by atoms with E-state index in [0.29, 0.717) is 12.0 Å². The molecule has 2 atom stereocenters. The van der Waals surface area contributed by atoms with Crippen LogP contribution in [0.2, 0.25) is 0 Å². The molecule has 0 aliphatic rings. The third kappa shape index (κ3) is 4.08. The number of aromatic hydroxyl groups is 1. The monoisotopic (exact) mass is 291 g/mol. The molecular weight excluding hydrogens is 273 g/mol. The molecule has 0 bridgehead atoms. The maximum atomic E-state index is 13.8. The summed E-state index contributed by atoms with van der Waals surface area (Å²) in [7, 11) is 0. The van der Waals surface area contributed by atoms with Gasteiger partial charge < -0.3 is 15.6 Å². The Hall–Kier alpha value is -1.33. The van der Waals surface area contributed by atoms with E-state index >= 15 is 0 Å². The lowest BCUT2D eigenvalue weighted by Crippen LogP contribution is -2.31. The zero-order valence-corrected chi connectivity index (χ0v) is 11.7. The van der Waals surface area contributed by atoms with Gasteiger partial charge in [-0.3, -0.25) is 0 Å². The molecule has 1 rings (SSSR count). The van der Waals surface area contributed by atoms with E-state index in [4.69, 9.17) is 5.73 Å². The Balaban J connectivity index is 0.00000324. The minimum absolute atomic E-state index is 0. The summed E-state index contributed by atoms with van der Waals surface area (Å²) in [5.41, 5.74) is 6.54. The van der Waals surface area contributed by atoms with Gasteiger partial charge in [0, 0.05) is 5.56 Å². The van der Waals surface area contributed by atoms with Crippen molar-refractivity contribution in [1.29, 1.82) is 0 Å². The number of esters is 1. The van der Waals surface area contributed by atoms with E-state index < -0.39 is 18.2 Å². The Labute approximate surface area is 118 Å². The number of phenols is 1. The summed E-state index contributed by atoms with van der Waals surface area (Å²) in [6.07, 6.45) is -1.38. The number of ether oxygens (including phenoxy) is 1. The van der Waals surface area contributed by atoms with Gasteiger partial charge in [0.15, 0.2) is 0 Å². The summed E-state index contributed by atoms with van der Waals surface area (Å²) in [6, 6.07) is 3.68. The molecule has 4 nitrogen and oxygen atoms in total. The molecule has 1 unspecified atom stereocenters. The van der Waals surface area contributed by atoms with Crippen molar-refractivity contribution >= 4 is 18.4 Å². The molecule has 19 heavy (non-hydrogen) atoms. The highest BCUT2D eigenvalue weighted by atomic mass is 35.5. The summed E-state index contributed by atoms with van der Waals surface area (Å²) in [5.74, 6) is -1.06. The molecule has 6 heteroatoms. The van der Waals surface area contributed by atoms with Crippen LogP contribution in [0.4, 0.5) is 4.39 Å². The number of hydrogen-bond donors (Lipinski definition) is 2. The molecule has 0 radical (unpaired) electrons. The average molecular weight is 292 g/mol. The van der Waals surface area contributed by atoms with Crippen molar-refractivity contribution in [2.75, 3.05) is 6.61 Å². The van der Waals surface area contributed by atoms with Gasteiger partial charge in [-0.05, 0) is 18.9 Å². The molecule has 1 aromatic rings. The first-order valence-corrected chi connectivity index (χ1v) is 5.89. The van der Waals surface area contributed by atoms with Gasteiger partial charge in [-0.25, -0.2) is 9.18 Å². The topological polar surface area (TPSA) is 72.5 Å². The highest BCUT2D eigenvalue weighted by Gasteiger charge is 2.29. The van der Waals surface area contributed by atoms with Gasteiger partial charge in [0.25, 0.3) is 0 Å². The van der Waals surface area contributed by atoms with Gasteiger partial charge in [-0.2, -0.15) is 0 Å². The van der Waals surface area contributed by atoms with Gasteiger partial charge in [0.2, 0.25) is 6.17 Å². The van der Waals surface area contributed by atoms with Crippen molar-refractivity contribution in [2.24, 2.45) is 5.73 Å². The number of aryl methyl sites for hydroxylation is 1. The van der Waals surface area contributed by atoms with Crippen molar-refractivity contribution in [3.05, 3.63) is 29.3 Å². The third-order valence-corrected chi connectivity index (χ3v) is 2.72. The van der Waals surface area contributed by atoms with Gasteiger partial charge in [0.05, 0.1) is 12.6 Å². The van der Waals surface area contributed by atoms with Gasteiger partial charge in [-0.15, -0.1) is 12.4 Å². The molecule has 108 valence electrons. The Bertz CT molecular complexity index is 428. The smallest absolute Gasteiger partial charge is 0.342 e. The van der Waals surface area contributed by atoms with Crippen molar-refractivity contribution in [2.45, 2.75) is 32.5 Å². The molecule has 3 N–H and O–H groups in total. The van der Waals surface area contributed by atoms with Crippen LogP contribution >= 0.6 is 12.4 Å². The largest absolute Gasteiger partial charge is 0.507 e. The Morgan fingerprint density at radius 3 is 2.63 bits per heavy atom. The number of benzene rings is 1. The minimum atomic E-state index is -1.98. The van der Waals surface area contributed by atoms with Gasteiger partial charge >= 0.3 is 5.97 Å². The van der Waals surface area contributed by atoms with Gasteiger partial charge in [-0.1, -0.05) is 25.1 Å². The van der Waals surface area contributed by atoms with Gasteiger partial charge in [0.1, 0.15) is 5.75 Å². The second-order valence-corrected chi connectivity index (χ2v) is 3.89. The third-order valence-electron chi connectivity index (χ3n) is 2.72. The van der Waals surface area contributed by atoms with Crippen molar-refractivity contribution in [1.82, 2.24) is 0 Å². The zero-order chi connectivity index (χ0) is 13.7. The Morgan fingerprint density at radius 2 is 2.11 bits per heavy atom. The summed E-state index contributed by atoms with van der Waals surface area (Å²) >= 11 is 0. The van der Waals surface area contributed by atoms with E-state index in [2.05, 4.69) is 4.74 Å². The molecule has 0 amide bonds. The van der Waals surface area contributed by atoms with Crippen LogP contribution in [0.1, 0.15) is 31.0 Å².